The van der Waals surface area contributed by atoms with Crippen molar-refractivity contribution in [2.75, 3.05) is 12.5 Å². The summed E-state index contributed by atoms with van der Waals surface area (Å²) in [5.41, 5.74) is 0.866. The first-order valence-corrected chi connectivity index (χ1v) is 5.62. The second kappa shape index (κ2) is 6.33. The normalized spacial score (nSPS) is 10.1. The smallest absolute Gasteiger partial charge is 0.311 e. The fraction of sp³-hybridized carbons (Fsp3) is 0.455. The van der Waals surface area contributed by atoms with E-state index in [1.807, 2.05) is 6.92 Å². The van der Waals surface area contributed by atoms with E-state index in [0.29, 0.717) is 18.2 Å². The van der Waals surface area contributed by atoms with Gasteiger partial charge in [0.05, 0.1) is 11.5 Å². The molecule has 1 rings (SSSR count). The Hall–Kier alpha value is -1.29. The largest absolute Gasteiger partial charge is 0.487 e. The first-order valence-electron chi connectivity index (χ1n) is 5.09. The number of aryl methyl sites for hydroxylation is 1. The van der Waals surface area contributed by atoms with E-state index in [9.17, 15) is 10.1 Å². The number of halogens is 1. The molecule has 4 nitrogen and oxygen atoms in total. The molecule has 16 heavy (non-hydrogen) atoms. The van der Waals surface area contributed by atoms with Crippen LogP contribution in [0.1, 0.15) is 18.4 Å². The summed E-state index contributed by atoms with van der Waals surface area (Å²) in [6.07, 6.45) is 1.65. The molecule has 0 aliphatic rings. The van der Waals surface area contributed by atoms with E-state index >= 15 is 0 Å². The molecule has 0 fully saturated rings. The molecule has 88 valence electrons. The van der Waals surface area contributed by atoms with Crippen molar-refractivity contribution in [1.82, 2.24) is 0 Å². The van der Waals surface area contributed by atoms with Gasteiger partial charge in [0, 0.05) is 11.9 Å². The van der Waals surface area contributed by atoms with Crippen molar-refractivity contribution >= 4 is 17.3 Å². The summed E-state index contributed by atoms with van der Waals surface area (Å²) in [7, 11) is 0. The zero-order chi connectivity index (χ0) is 12.0. The van der Waals surface area contributed by atoms with Crippen LogP contribution in [0, 0.1) is 17.0 Å². The van der Waals surface area contributed by atoms with Crippen LogP contribution >= 0.6 is 11.6 Å². The van der Waals surface area contributed by atoms with Crippen LogP contribution in [0.5, 0.6) is 5.75 Å². The van der Waals surface area contributed by atoms with E-state index in [4.69, 9.17) is 16.3 Å². The van der Waals surface area contributed by atoms with E-state index in [0.717, 1.165) is 18.4 Å². The van der Waals surface area contributed by atoms with E-state index in [1.54, 1.807) is 12.1 Å². The monoisotopic (exact) mass is 243 g/mol. The third-order valence-corrected chi connectivity index (χ3v) is 2.36. The van der Waals surface area contributed by atoms with Crippen LogP contribution < -0.4 is 4.74 Å². The van der Waals surface area contributed by atoms with Crippen molar-refractivity contribution in [3.05, 3.63) is 33.9 Å². The van der Waals surface area contributed by atoms with Crippen LogP contribution in [0.4, 0.5) is 5.69 Å². The molecule has 1 aromatic carbocycles. The Morgan fingerprint density at radius 1 is 1.44 bits per heavy atom. The number of rotatable bonds is 6. The third-order valence-electron chi connectivity index (χ3n) is 2.10. The highest BCUT2D eigenvalue weighted by atomic mass is 35.5. The number of hydrogen-bond acceptors (Lipinski definition) is 3. The van der Waals surface area contributed by atoms with Crippen LogP contribution in [0.15, 0.2) is 18.2 Å². The molecule has 0 atom stereocenters. The fourth-order valence-electron chi connectivity index (χ4n) is 1.27. The standard InChI is InChI=1S/C11H14ClNO3/c1-9-4-5-11(10(8-9)13(14)15)16-7-3-2-6-12/h4-5,8H,2-3,6-7H2,1H3. The molecule has 0 spiro atoms. The van der Waals surface area contributed by atoms with Gasteiger partial charge in [-0.2, -0.15) is 0 Å². The first-order chi connectivity index (χ1) is 7.65. The lowest BCUT2D eigenvalue weighted by Gasteiger charge is -2.06. The van der Waals surface area contributed by atoms with Gasteiger partial charge in [0.2, 0.25) is 0 Å². The predicted molar refractivity (Wildman–Crippen MR) is 63.3 cm³/mol. The minimum absolute atomic E-state index is 0.0193. The van der Waals surface area contributed by atoms with Gasteiger partial charge in [-0.05, 0) is 31.4 Å². The molecule has 0 aliphatic heterocycles. The predicted octanol–water partition coefficient (Wildman–Crippen LogP) is 3.30. The second-order valence-electron chi connectivity index (χ2n) is 3.47. The highest BCUT2D eigenvalue weighted by molar-refractivity contribution is 6.17. The number of unbranched alkanes of at least 4 members (excludes halogenated alkanes) is 1. The van der Waals surface area contributed by atoms with Crippen molar-refractivity contribution in [1.29, 1.82) is 0 Å². The highest BCUT2D eigenvalue weighted by Crippen LogP contribution is 2.27. The molecule has 0 radical (unpaired) electrons. The van der Waals surface area contributed by atoms with Crippen LogP contribution in [-0.4, -0.2) is 17.4 Å². The molecular weight excluding hydrogens is 230 g/mol. The van der Waals surface area contributed by atoms with Gasteiger partial charge in [-0.15, -0.1) is 11.6 Å². The Bertz CT molecular complexity index is 368. The summed E-state index contributed by atoms with van der Waals surface area (Å²) in [6.45, 7) is 2.26. The molecule has 0 unspecified atom stereocenters. The SMILES string of the molecule is Cc1ccc(OCCCCCl)c([N+](=O)[O-])c1. The van der Waals surface area contributed by atoms with Crippen LogP contribution in [-0.2, 0) is 0 Å². The van der Waals surface area contributed by atoms with E-state index in [2.05, 4.69) is 0 Å². The molecule has 0 saturated carbocycles. The number of hydrogen-bond donors (Lipinski definition) is 0. The molecule has 1 aromatic rings. The zero-order valence-corrected chi connectivity index (χ0v) is 9.87. The lowest BCUT2D eigenvalue weighted by Crippen LogP contribution is -2.01. The molecule has 0 amide bonds. The van der Waals surface area contributed by atoms with Crippen molar-refractivity contribution in [3.8, 4) is 5.75 Å². The average molecular weight is 244 g/mol. The van der Waals surface area contributed by atoms with Gasteiger partial charge in [0.1, 0.15) is 0 Å². The maximum Gasteiger partial charge on any atom is 0.311 e. The Balaban J connectivity index is 2.67. The number of ether oxygens (including phenoxy) is 1. The van der Waals surface area contributed by atoms with Gasteiger partial charge < -0.3 is 4.74 Å². The number of benzene rings is 1. The first kappa shape index (κ1) is 12.8. The van der Waals surface area contributed by atoms with Crippen LogP contribution in [0.3, 0.4) is 0 Å². The molecular formula is C11H14ClNO3. The lowest BCUT2D eigenvalue weighted by molar-refractivity contribution is -0.385. The maximum atomic E-state index is 10.8. The van der Waals surface area contributed by atoms with Crippen molar-refractivity contribution in [2.45, 2.75) is 19.8 Å². The van der Waals surface area contributed by atoms with Gasteiger partial charge in [0.15, 0.2) is 5.75 Å². The zero-order valence-electron chi connectivity index (χ0n) is 9.11. The lowest BCUT2D eigenvalue weighted by atomic mass is 10.2. The minimum Gasteiger partial charge on any atom is -0.487 e. The molecule has 0 saturated heterocycles. The van der Waals surface area contributed by atoms with Gasteiger partial charge in [-0.25, -0.2) is 0 Å². The molecule has 0 bridgehead atoms. The molecule has 5 heteroatoms. The van der Waals surface area contributed by atoms with Gasteiger partial charge >= 0.3 is 5.69 Å². The number of alkyl halides is 1. The van der Waals surface area contributed by atoms with Crippen LogP contribution in [0.2, 0.25) is 0 Å². The van der Waals surface area contributed by atoms with E-state index in [1.165, 1.54) is 6.07 Å². The summed E-state index contributed by atoms with van der Waals surface area (Å²) in [4.78, 5) is 10.3. The Kier molecular flexibility index (Phi) is 5.05. The number of nitrogens with zero attached hydrogens (tertiary/aromatic N) is 1. The summed E-state index contributed by atoms with van der Waals surface area (Å²) >= 11 is 5.52. The molecule has 0 aromatic heterocycles. The van der Waals surface area contributed by atoms with Gasteiger partial charge in [-0.3, -0.25) is 10.1 Å². The number of nitro benzene ring substituents is 1. The van der Waals surface area contributed by atoms with Crippen molar-refractivity contribution < 1.29 is 9.66 Å². The summed E-state index contributed by atoms with van der Waals surface area (Å²) < 4.78 is 5.36. The summed E-state index contributed by atoms with van der Waals surface area (Å²) in [5.74, 6) is 0.907. The van der Waals surface area contributed by atoms with Crippen LogP contribution in [0.25, 0.3) is 0 Å². The Labute approximate surface area is 99.3 Å². The quantitative estimate of drug-likeness (QED) is 0.333. The summed E-state index contributed by atoms with van der Waals surface area (Å²) in [6, 6.07) is 4.94. The molecule has 0 aliphatic carbocycles. The third kappa shape index (κ3) is 3.70. The average Bonchev–Trinajstić information content (AvgIpc) is 2.26. The van der Waals surface area contributed by atoms with Crippen molar-refractivity contribution in [2.24, 2.45) is 0 Å². The fourth-order valence-corrected chi connectivity index (χ4v) is 1.46. The highest BCUT2D eigenvalue weighted by Gasteiger charge is 2.14. The molecule has 0 heterocycles. The Morgan fingerprint density at radius 3 is 2.81 bits per heavy atom. The van der Waals surface area contributed by atoms with E-state index in [-0.39, 0.29) is 5.69 Å². The van der Waals surface area contributed by atoms with Gasteiger partial charge in [-0.1, -0.05) is 6.07 Å². The summed E-state index contributed by atoms with van der Waals surface area (Å²) in [5, 5.41) is 10.8. The topological polar surface area (TPSA) is 52.4 Å². The number of nitro groups is 1. The minimum atomic E-state index is -0.427. The Morgan fingerprint density at radius 2 is 2.19 bits per heavy atom. The van der Waals surface area contributed by atoms with Gasteiger partial charge in [0.25, 0.3) is 0 Å². The van der Waals surface area contributed by atoms with Crippen molar-refractivity contribution in [3.63, 3.8) is 0 Å². The molecule has 0 N–H and O–H groups in total. The second-order valence-corrected chi connectivity index (χ2v) is 3.85. The van der Waals surface area contributed by atoms with E-state index < -0.39 is 4.92 Å². The maximum absolute atomic E-state index is 10.8.